The molecule has 10 nitrogen and oxygen atoms in total. The van der Waals surface area contributed by atoms with Crippen molar-refractivity contribution in [1.29, 1.82) is 0 Å². The normalized spacial score (nSPS) is 10.7. The average Bonchev–Trinajstić information content (AvgIpc) is 2.78. The number of unbranched alkanes of at least 4 members (excludes halogenated alkanes) is 1. The van der Waals surface area contributed by atoms with Crippen LogP contribution in [0.2, 0.25) is 5.02 Å². The van der Waals surface area contributed by atoms with Gasteiger partial charge in [-0.2, -0.15) is 0 Å². The molecule has 0 unspecified atom stereocenters. The maximum absolute atomic E-state index is 13.6. The predicted octanol–water partition coefficient (Wildman–Crippen LogP) is 3.33. The van der Waals surface area contributed by atoms with Crippen molar-refractivity contribution >= 4 is 34.7 Å². The number of hydrogen-bond acceptors (Lipinski definition) is 6. The second-order valence-electron chi connectivity index (χ2n) is 7.30. The van der Waals surface area contributed by atoms with Crippen molar-refractivity contribution in [2.24, 2.45) is 0 Å². The van der Waals surface area contributed by atoms with Crippen LogP contribution in [-0.2, 0) is 13.1 Å². The van der Waals surface area contributed by atoms with E-state index in [0.717, 1.165) is 17.4 Å². The number of amides is 1. The molecule has 0 aliphatic rings. The highest BCUT2D eigenvalue weighted by molar-refractivity contribution is 6.34. The van der Waals surface area contributed by atoms with Gasteiger partial charge in [-0.15, -0.1) is 0 Å². The van der Waals surface area contributed by atoms with Crippen LogP contribution in [0.3, 0.4) is 0 Å². The first-order valence-corrected chi connectivity index (χ1v) is 10.5. The number of nitrogens with zero attached hydrogens (tertiary/aromatic N) is 3. The molecule has 1 aromatic heterocycles. The minimum absolute atomic E-state index is 0.0297. The summed E-state index contributed by atoms with van der Waals surface area (Å²) in [6, 6.07) is 12.2. The van der Waals surface area contributed by atoms with Gasteiger partial charge in [0.1, 0.15) is 5.82 Å². The van der Waals surface area contributed by atoms with Crippen molar-refractivity contribution < 1.29 is 9.72 Å². The van der Waals surface area contributed by atoms with Crippen LogP contribution in [0.4, 0.5) is 17.2 Å². The highest BCUT2D eigenvalue weighted by Crippen LogP contribution is 2.27. The molecule has 0 saturated carbocycles. The van der Waals surface area contributed by atoms with Crippen molar-refractivity contribution in [1.82, 2.24) is 9.55 Å². The molecule has 0 radical (unpaired) electrons. The lowest BCUT2D eigenvalue weighted by Gasteiger charge is -2.25. The smallest absolute Gasteiger partial charge is 0.330 e. The number of benzene rings is 2. The van der Waals surface area contributed by atoms with E-state index in [4.69, 9.17) is 17.3 Å². The van der Waals surface area contributed by atoms with Gasteiger partial charge in [-0.05, 0) is 18.1 Å². The number of nitrogens with two attached hydrogens (primary N) is 1. The van der Waals surface area contributed by atoms with Gasteiger partial charge in [0.05, 0.1) is 22.1 Å². The molecule has 0 fully saturated rings. The molecular weight excluding hydrogens is 450 g/mol. The molecule has 0 spiro atoms. The molecule has 0 aliphatic heterocycles. The zero-order valence-electron chi connectivity index (χ0n) is 17.8. The minimum Gasteiger partial charge on any atom is -0.383 e. The first-order chi connectivity index (χ1) is 15.7. The molecule has 1 heterocycles. The standard InChI is InChI=1S/C22H22ClN5O5/c1-2-3-11-26-19(24)18(20(29)25-22(26)31)27(13-14-7-5-4-6-8-14)21(30)16-12-15(28(32)33)9-10-17(16)23/h4-10,12H,2-3,11,13,24H2,1H3,(H,25,29,31). The fraction of sp³-hybridized carbons (Fsp3) is 0.227. The van der Waals surface area contributed by atoms with Gasteiger partial charge in [0, 0.05) is 18.7 Å². The minimum atomic E-state index is -0.851. The Morgan fingerprint density at radius 3 is 2.55 bits per heavy atom. The van der Waals surface area contributed by atoms with Gasteiger partial charge in [-0.1, -0.05) is 55.3 Å². The molecule has 0 atom stereocenters. The summed E-state index contributed by atoms with van der Waals surface area (Å²) < 4.78 is 1.19. The summed E-state index contributed by atoms with van der Waals surface area (Å²) in [5, 5.41) is 11.2. The summed E-state index contributed by atoms with van der Waals surface area (Å²) >= 11 is 6.19. The van der Waals surface area contributed by atoms with Crippen molar-refractivity contribution in [3.63, 3.8) is 0 Å². The summed E-state index contributed by atoms with van der Waals surface area (Å²) in [6.45, 7) is 2.09. The first-order valence-electron chi connectivity index (χ1n) is 10.2. The van der Waals surface area contributed by atoms with Crippen LogP contribution in [0.1, 0.15) is 35.7 Å². The highest BCUT2D eigenvalue weighted by Gasteiger charge is 2.28. The molecule has 0 bridgehead atoms. The highest BCUT2D eigenvalue weighted by atomic mass is 35.5. The molecule has 172 valence electrons. The van der Waals surface area contributed by atoms with Gasteiger partial charge < -0.3 is 5.73 Å². The molecule has 0 aliphatic carbocycles. The zero-order chi connectivity index (χ0) is 24.1. The molecule has 0 saturated heterocycles. The number of carbonyl (C=O) groups is 1. The lowest BCUT2D eigenvalue weighted by atomic mass is 10.1. The number of nitro groups is 1. The third-order valence-corrected chi connectivity index (χ3v) is 5.37. The lowest BCUT2D eigenvalue weighted by Crippen LogP contribution is -2.41. The number of carbonyl (C=O) groups excluding carboxylic acids is 1. The Bertz CT molecular complexity index is 1300. The quantitative estimate of drug-likeness (QED) is 0.380. The summed E-state index contributed by atoms with van der Waals surface area (Å²) in [7, 11) is 0. The van der Waals surface area contributed by atoms with Crippen molar-refractivity contribution in [3.05, 3.63) is 95.6 Å². The molecule has 3 rings (SSSR count). The molecule has 33 heavy (non-hydrogen) atoms. The number of non-ortho nitro benzene ring substituents is 1. The molecule has 2 aromatic carbocycles. The van der Waals surface area contributed by atoms with E-state index in [9.17, 15) is 24.5 Å². The van der Waals surface area contributed by atoms with E-state index in [1.54, 1.807) is 30.3 Å². The molecule has 3 aromatic rings. The Labute approximate surface area is 193 Å². The summed E-state index contributed by atoms with van der Waals surface area (Å²) in [4.78, 5) is 52.6. The van der Waals surface area contributed by atoms with E-state index in [1.807, 2.05) is 6.92 Å². The van der Waals surface area contributed by atoms with Gasteiger partial charge in [-0.25, -0.2) is 4.79 Å². The number of hydrogen-bond donors (Lipinski definition) is 2. The third-order valence-electron chi connectivity index (χ3n) is 5.04. The Balaban J connectivity index is 2.21. The van der Waals surface area contributed by atoms with E-state index in [-0.39, 0.29) is 40.9 Å². The van der Waals surface area contributed by atoms with Gasteiger partial charge in [0.2, 0.25) is 0 Å². The van der Waals surface area contributed by atoms with Crippen LogP contribution in [0.5, 0.6) is 0 Å². The number of nitrogens with one attached hydrogen (secondary N) is 1. The Hall–Kier alpha value is -3.92. The fourth-order valence-electron chi connectivity index (χ4n) is 3.33. The van der Waals surface area contributed by atoms with E-state index in [2.05, 4.69) is 4.98 Å². The van der Waals surface area contributed by atoms with Crippen molar-refractivity contribution in [2.75, 3.05) is 10.6 Å². The van der Waals surface area contributed by atoms with Gasteiger partial charge >= 0.3 is 5.69 Å². The van der Waals surface area contributed by atoms with E-state index in [0.29, 0.717) is 12.0 Å². The van der Waals surface area contributed by atoms with Crippen LogP contribution in [0.25, 0.3) is 0 Å². The van der Waals surface area contributed by atoms with Crippen LogP contribution in [0, 0.1) is 10.1 Å². The largest absolute Gasteiger partial charge is 0.383 e. The molecule has 11 heteroatoms. The lowest BCUT2D eigenvalue weighted by molar-refractivity contribution is -0.384. The van der Waals surface area contributed by atoms with Crippen molar-refractivity contribution in [2.45, 2.75) is 32.9 Å². The second kappa shape index (κ2) is 10.1. The maximum Gasteiger partial charge on any atom is 0.330 e. The topological polar surface area (TPSA) is 144 Å². The Kier molecular flexibility index (Phi) is 7.29. The van der Waals surface area contributed by atoms with E-state index >= 15 is 0 Å². The number of nitro benzene ring substituents is 1. The third kappa shape index (κ3) is 5.12. The second-order valence-corrected chi connectivity index (χ2v) is 7.70. The predicted molar refractivity (Wildman–Crippen MR) is 126 cm³/mol. The van der Waals surface area contributed by atoms with Crippen LogP contribution >= 0.6 is 11.6 Å². The monoisotopic (exact) mass is 471 g/mol. The molecule has 3 N–H and O–H groups in total. The fourth-order valence-corrected chi connectivity index (χ4v) is 3.53. The SMILES string of the molecule is CCCCn1c(N)c(N(Cc2ccccc2)C(=O)c2cc([N+](=O)[O-])ccc2Cl)c(=O)[nH]c1=O. The first kappa shape index (κ1) is 23.7. The Morgan fingerprint density at radius 1 is 1.21 bits per heavy atom. The van der Waals surface area contributed by atoms with Crippen LogP contribution in [0.15, 0.2) is 58.1 Å². The molecule has 1 amide bonds. The van der Waals surface area contributed by atoms with Crippen molar-refractivity contribution in [3.8, 4) is 0 Å². The summed E-state index contributed by atoms with van der Waals surface area (Å²) in [6.07, 6.45) is 1.40. The van der Waals surface area contributed by atoms with Crippen LogP contribution in [-0.4, -0.2) is 20.4 Å². The number of nitrogen functional groups attached to an aromatic ring is 1. The van der Waals surface area contributed by atoms with Gasteiger partial charge in [0.15, 0.2) is 5.69 Å². The van der Waals surface area contributed by atoms with E-state index in [1.165, 1.54) is 16.7 Å². The van der Waals surface area contributed by atoms with Gasteiger partial charge in [-0.3, -0.25) is 34.2 Å². The number of aromatic nitrogens is 2. The summed E-state index contributed by atoms with van der Waals surface area (Å²) in [5.74, 6) is -0.950. The number of anilines is 2. The summed E-state index contributed by atoms with van der Waals surface area (Å²) in [5.41, 5.74) is 4.60. The Morgan fingerprint density at radius 2 is 1.91 bits per heavy atom. The zero-order valence-corrected chi connectivity index (χ0v) is 18.5. The number of H-pyrrole nitrogens is 1. The number of aromatic amines is 1. The number of halogens is 1. The van der Waals surface area contributed by atoms with Gasteiger partial charge in [0.25, 0.3) is 17.2 Å². The average molecular weight is 472 g/mol. The van der Waals surface area contributed by atoms with E-state index < -0.39 is 22.1 Å². The molecular formula is C22H22ClN5O5. The van der Waals surface area contributed by atoms with Crippen LogP contribution < -0.4 is 21.9 Å². The maximum atomic E-state index is 13.6. The number of rotatable bonds is 8.